The van der Waals surface area contributed by atoms with Crippen LogP contribution in [0.25, 0.3) is 0 Å². The zero-order valence-corrected chi connectivity index (χ0v) is 12.4. The first-order valence-electron chi connectivity index (χ1n) is 7.77. The molecule has 1 saturated carbocycles. The van der Waals surface area contributed by atoms with Crippen LogP contribution >= 0.6 is 0 Å². The lowest BCUT2D eigenvalue weighted by Gasteiger charge is -2.21. The highest BCUT2D eigenvalue weighted by molar-refractivity contribution is 5.40. The van der Waals surface area contributed by atoms with Crippen LogP contribution < -0.4 is 10.1 Å². The van der Waals surface area contributed by atoms with Gasteiger partial charge in [0.2, 0.25) is 0 Å². The minimum absolute atomic E-state index is 0.420. The van der Waals surface area contributed by atoms with Crippen molar-refractivity contribution in [3.8, 4) is 5.75 Å². The van der Waals surface area contributed by atoms with E-state index in [0.717, 1.165) is 18.8 Å². The highest BCUT2D eigenvalue weighted by atomic mass is 16.5. The monoisotopic (exact) mass is 261 g/mol. The van der Waals surface area contributed by atoms with Crippen molar-refractivity contribution >= 4 is 0 Å². The van der Waals surface area contributed by atoms with E-state index >= 15 is 0 Å². The quantitative estimate of drug-likeness (QED) is 0.802. The molecular weight excluding hydrogens is 234 g/mol. The first-order valence-corrected chi connectivity index (χ1v) is 7.77. The highest BCUT2D eigenvalue weighted by Crippen LogP contribution is 2.28. The Bertz CT molecular complexity index is 381. The Morgan fingerprint density at radius 2 is 1.89 bits per heavy atom. The maximum Gasteiger partial charge on any atom is 0.127 e. The molecule has 19 heavy (non-hydrogen) atoms. The zero-order chi connectivity index (χ0) is 13.5. The largest absolute Gasteiger partial charge is 0.490 e. The van der Waals surface area contributed by atoms with Crippen molar-refractivity contribution in [1.82, 2.24) is 5.32 Å². The topological polar surface area (TPSA) is 21.3 Å². The van der Waals surface area contributed by atoms with E-state index in [9.17, 15) is 0 Å². The molecular formula is C17H27NO. The maximum atomic E-state index is 6.35. The second-order valence-electron chi connectivity index (χ2n) is 5.57. The van der Waals surface area contributed by atoms with Gasteiger partial charge in [-0.05, 0) is 44.7 Å². The summed E-state index contributed by atoms with van der Waals surface area (Å²) in [6, 6.07) is 6.46. The number of nitrogens with one attached hydrogen (secondary N) is 1. The van der Waals surface area contributed by atoms with Crippen molar-refractivity contribution in [2.75, 3.05) is 6.54 Å². The van der Waals surface area contributed by atoms with Crippen LogP contribution in [0.2, 0.25) is 0 Å². The van der Waals surface area contributed by atoms with E-state index in [1.54, 1.807) is 0 Å². The third-order valence-electron chi connectivity index (χ3n) is 3.95. The summed E-state index contributed by atoms with van der Waals surface area (Å²) in [5, 5.41) is 3.40. The summed E-state index contributed by atoms with van der Waals surface area (Å²) >= 11 is 0. The smallest absolute Gasteiger partial charge is 0.127 e. The van der Waals surface area contributed by atoms with Crippen LogP contribution in [0.15, 0.2) is 18.2 Å². The average Bonchev–Trinajstić information content (AvgIpc) is 2.68. The molecule has 1 aromatic carbocycles. The molecule has 0 atom stereocenters. The Balaban J connectivity index is 2.08. The van der Waals surface area contributed by atoms with Gasteiger partial charge in [0.05, 0.1) is 6.10 Å². The highest BCUT2D eigenvalue weighted by Gasteiger charge is 2.16. The number of hydrogen-bond donors (Lipinski definition) is 1. The fourth-order valence-corrected chi connectivity index (χ4v) is 2.81. The molecule has 2 rings (SSSR count). The van der Waals surface area contributed by atoms with E-state index in [1.165, 1.54) is 49.7 Å². The standard InChI is InChI=1S/C17H27NO/c1-3-18-13-15-10-8-9-14(2)17(15)19-16-11-6-4-5-7-12-16/h8-10,16,18H,3-7,11-13H2,1-2H3. The minimum Gasteiger partial charge on any atom is -0.490 e. The fraction of sp³-hybridized carbons (Fsp3) is 0.647. The van der Waals surface area contributed by atoms with Gasteiger partial charge in [0, 0.05) is 12.1 Å². The molecule has 0 heterocycles. The maximum absolute atomic E-state index is 6.35. The molecule has 1 aliphatic carbocycles. The molecule has 1 aromatic rings. The van der Waals surface area contributed by atoms with Crippen molar-refractivity contribution in [2.24, 2.45) is 0 Å². The minimum atomic E-state index is 0.420. The number of para-hydroxylation sites is 1. The van der Waals surface area contributed by atoms with Gasteiger partial charge in [0.15, 0.2) is 0 Å². The van der Waals surface area contributed by atoms with Gasteiger partial charge in [-0.15, -0.1) is 0 Å². The molecule has 1 aliphatic rings. The molecule has 0 aromatic heterocycles. The van der Waals surface area contributed by atoms with E-state index in [2.05, 4.69) is 37.4 Å². The molecule has 1 N–H and O–H groups in total. The van der Waals surface area contributed by atoms with Crippen molar-refractivity contribution in [3.05, 3.63) is 29.3 Å². The molecule has 0 spiro atoms. The summed E-state index contributed by atoms with van der Waals surface area (Å²) in [7, 11) is 0. The summed E-state index contributed by atoms with van der Waals surface area (Å²) in [6.45, 7) is 6.19. The van der Waals surface area contributed by atoms with E-state index in [-0.39, 0.29) is 0 Å². The third-order valence-corrected chi connectivity index (χ3v) is 3.95. The molecule has 0 bridgehead atoms. The second kappa shape index (κ2) is 7.54. The molecule has 0 amide bonds. The number of ether oxygens (including phenoxy) is 1. The Morgan fingerprint density at radius 3 is 2.58 bits per heavy atom. The van der Waals surface area contributed by atoms with Crippen molar-refractivity contribution in [1.29, 1.82) is 0 Å². The summed E-state index contributed by atoms with van der Waals surface area (Å²) in [6.07, 6.45) is 8.24. The first kappa shape index (κ1) is 14.4. The van der Waals surface area contributed by atoms with E-state index < -0.39 is 0 Å². The van der Waals surface area contributed by atoms with Gasteiger partial charge in [-0.25, -0.2) is 0 Å². The fourth-order valence-electron chi connectivity index (χ4n) is 2.81. The van der Waals surface area contributed by atoms with Crippen LogP contribution in [-0.2, 0) is 6.54 Å². The SMILES string of the molecule is CCNCc1cccc(C)c1OC1CCCCCC1. The van der Waals surface area contributed by atoms with Gasteiger partial charge in [0.1, 0.15) is 5.75 Å². The molecule has 1 fully saturated rings. The van der Waals surface area contributed by atoms with Crippen molar-refractivity contribution in [3.63, 3.8) is 0 Å². The van der Waals surface area contributed by atoms with Crippen LogP contribution in [-0.4, -0.2) is 12.6 Å². The van der Waals surface area contributed by atoms with Crippen molar-refractivity contribution < 1.29 is 4.74 Å². The van der Waals surface area contributed by atoms with Crippen LogP contribution in [0, 0.1) is 6.92 Å². The predicted molar refractivity (Wildman–Crippen MR) is 80.7 cm³/mol. The Hall–Kier alpha value is -1.02. The number of rotatable bonds is 5. The molecule has 2 nitrogen and oxygen atoms in total. The zero-order valence-electron chi connectivity index (χ0n) is 12.4. The Morgan fingerprint density at radius 1 is 1.16 bits per heavy atom. The van der Waals surface area contributed by atoms with Gasteiger partial charge in [-0.3, -0.25) is 0 Å². The van der Waals surface area contributed by atoms with Gasteiger partial charge in [-0.1, -0.05) is 38.0 Å². The molecule has 106 valence electrons. The van der Waals surface area contributed by atoms with Gasteiger partial charge in [-0.2, -0.15) is 0 Å². The summed E-state index contributed by atoms with van der Waals surface area (Å²) in [5.74, 6) is 1.12. The molecule has 0 saturated heterocycles. The Labute approximate surface area is 117 Å². The summed E-state index contributed by atoms with van der Waals surface area (Å²) in [5.41, 5.74) is 2.56. The predicted octanol–water partition coefficient (Wildman–Crippen LogP) is 4.21. The number of hydrogen-bond acceptors (Lipinski definition) is 2. The lowest BCUT2D eigenvalue weighted by molar-refractivity contribution is 0.180. The average molecular weight is 261 g/mol. The number of benzene rings is 1. The van der Waals surface area contributed by atoms with Gasteiger partial charge < -0.3 is 10.1 Å². The first-order chi connectivity index (χ1) is 9.31. The lowest BCUT2D eigenvalue weighted by Crippen LogP contribution is -2.19. The van der Waals surface area contributed by atoms with E-state index in [1.807, 2.05) is 0 Å². The number of aryl methyl sites for hydroxylation is 1. The van der Waals surface area contributed by atoms with Crippen LogP contribution in [0.4, 0.5) is 0 Å². The normalized spacial score (nSPS) is 17.2. The summed E-state index contributed by atoms with van der Waals surface area (Å²) in [4.78, 5) is 0. The molecule has 0 aliphatic heterocycles. The lowest BCUT2D eigenvalue weighted by atomic mass is 10.1. The summed E-state index contributed by atoms with van der Waals surface area (Å²) < 4.78 is 6.35. The Kier molecular flexibility index (Phi) is 5.71. The van der Waals surface area contributed by atoms with E-state index in [4.69, 9.17) is 4.74 Å². The van der Waals surface area contributed by atoms with Crippen LogP contribution in [0.3, 0.4) is 0 Å². The van der Waals surface area contributed by atoms with Gasteiger partial charge >= 0.3 is 0 Å². The van der Waals surface area contributed by atoms with Crippen molar-refractivity contribution in [2.45, 2.75) is 65.0 Å². The third kappa shape index (κ3) is 4.24. The molecule has 0 radical (unpaired) electrons. The molecule has 2 heteroatoms. The van der Waals surface area contributed by atoms with E-state index in [0.29, 0.717) is 6.10 Å². The second-order valence-corrected chi connectivity index (χ2v) is 5.57. The molecule has 0 unspecified atom stereocenters. The van der Waals surface area contributed by atoms with Gasteiger partial charge in [0.25, 0.3) is 0 Å². The van der Waals surface area contributed by atoms with Crippen LogP contribution in [0.1, 0.15) is 56.6 Å². The van der Waals surface area contributed by atoms with Crippen LogP contribution in [0.5, 0.6) is 5.75 Å².